The van der Waals surface area contributed by atoms with Crippen LogP contribution in [-0.2, 0) is 24.6 Å². The maximum atomic E-state index is 15.5. The average Bonchev–Trinajstić information content (AvgIpc) is 3.54. The van der Waals surface area contributed by atoms with Crippen molar-refractivity contribution in [3.63, 3.8) is 0 Å². The fourth-order valence-corrected chi connectivity index (χ4v) is 9.85. The lowest BCUT2D eigenvalue weighted by Crippen LogP contribution is -2.53. The number of hydrazine groups is 1. The molecule has 0 aromatic heterocycles. The van der Waals surface area contributed by atoms with Crippen LogP contribution in [0.2, 0.25) is 0 Å². The lowest BCUT2D eigenvalue weighted by atomic mass is 9.48. The van der Waals surface area contributed by atoms with Crippen LogP contribution in [0.25, 0.3) is 10.8 Å². The number of carbonyl (C=O) groups excluding carboxylic acids is 4. The van der Waals surface area contributed by atoms with E-state index in [4.69, 9.17) is 0 Å². The van der Waals surface area contributed by atoms with E-state index < -0.39 is 46.8 Å². The number of halogens is 1. The third-order valence-electron chi connectivity index (χ3n) is 11.7. The molecule has 0 bridgehead atoms. The van der Waals surface area contributed by atoms with Crippen molar-refractivity contribution >= 4 is 68.4 Å². The second-order valence-corrected chi connectivity index (χ2v) is 15.5. The van der Waals surface area contributed by atoms with Gasteiger partial charge in [-0.05, 0) is 107 Å². The molecule has 8 nitrogen and oxygen atoms in total. The van der Waals surface area contributed by atoms with Crippen LogP contribution in [0.1, 0.15) is 35.4 Å². The van der Waals surface area contributed by atoms with Gasteiger partial charge in [-0.2, -0.15) is 5.01 Å². The summed E-state index contributed by atoms with van der Waals surface area (Å²) < 4.78 is 0.984. The summed E-state index contributed by atoms with van der Waals surface area (Å²) in [5, 5.41) is 14.7. The van der Waals surface area contributed by atoms with Gasteiger partial charge in [0.1, 0.15) is 5.75 Å². The van der Waals surface area contributed by atoms with Gasteiger partial charge < -0.3 is 5.11 Å². The Labute approximate surface area is 314 Å². The van der Waals surface area contributed by atoms with Crippen molar-refractivity contribution in [2.45, 2.75) is 31.1 Å². The molecule has 1 saturated carbocycles. The molecule has 2 heterocycles. The highest BCUT2D eigenvalue weighted by molar-refractivity contribution is 14.1. The first kappa shape index (κ1) is 32.6. The fraction of sp³-hybridized carbons (Fsp3) is 0.209. The van der Waals surface area contributed by atoms with Crippen LogP contribution in [0, 0.1) is 34.2 Å². The molecule has 6 atom stereocenters. The van der Waals surface area contributed by atoms with Gasteiger partial charge in [0.15, 0.2) is 0 Å². The van der Waals surface area contributed by atoms with Crippen molar-refractivity contribution in [1.82, 2.24) is 5.01 Å². The topological polar surface area (TPSA) is 107 Å². The van der Waals surface area contributed by atoms with E-state index in [0.29, 0.717) is 28.9 Å². The van der Waals surface area contributed by atoms with Crippen molar-refractivity contribution in [3.8, 4) is 5.75 Å². The second-order valence-electron chi connectivity index (χ2n) is 14.3. The maximum Gasteiger partial charge on any atom is 0.260 e. The summed E-state index contributed by atoms with van der Waals surface area (Å²) in [6, 6.07) is 35.4. The Morgan fingerprint density at radius 1 is 0.769 bits per heavy atom. The van der Waals surface area contributed by atoms with Gasteiger partial charge in [0.05, 0.1) is 34.5 Å². The lowest BCUT2D eigenvalue weighted by Gasteiger charge is -2.51. The number of aryl methyl sites for hydroxylation is 1. The number of fused-ring (bicyclic) bond motifs is 5. The van der Waals surface area contributed by atoms with Gasteiger partial charge in [-0.3, -0.25) is 29.5 Å². The van der Waals surface area contributed by atoms with Gasteiger partial charge in [-0.25, -0.2) is 0 Å². The smallest absolute Gasteiger partial charge is 0.260 e. The van der Waals surface area contributed by atoms with E-state index >= 15 is 4.79 Å². The molecule has 2 aliphatic carbocycles. The Balaban J connectivity index is 1.28. The van der Waals surface area contributed by atoms with Crippen LogP contribution in [0.15, 0.2) is 127 Å². The maximum absolute atomic E-state index is 15.5. The van der Waals surface area contributed by atoms with E-state index in [1.807, 2.05) is 110 Å². The van der Waals surface area contributed by atoms with Crippen molar-refractivity contribution in [2.24, 2.45) is 23.7 Å². The number of carbonyl (C=O) groups is 4. The van der Waals surface area contributed by atoms with Gasteiger partial charge in [0.25, 0.3) is 11.8 Å². The number of aromatic hydroxyl groups is 1. The van der Waals surface area contributed by atoms with Crippen molar-refractivity contribution < 1.29 is 24.3 Å². The van der Waals surface area contributed by atoms with Gasteiger partial charge >= 0.3 is 0 Å². The highest BCUT2D eigenvalue weighted by Crippen LogP contribution is 2.65. The van der Waals surface area contributed by atoms with E-state index in [0.717, 1.165) is 30.5 Å². The first-order valence-corrected chi connectivity index (χ1v) is 18.6. The number of phenolic OH excluding ortho intramolecular Hbond substituents is 1. The van der Waals surface area contributed by atoms with E-state index in [-0.39, 0.29) is 24.0 Å². The van der Waals surface area contributed by atoms with Gasteiger partial charge in [0.2, 0.25) is 11.8 Å². The zero-order chi connectivity index (χ0) is 35.9. The van der Waals surface area contributed by atoms with Crippen molar-refractivity contribution in [1.29, 1.82) is 0 Å². The van der Waals surface area contributed by atoms with Crippen LogP contribution in [-0.4, -0.2) is 33.7 Å². The number of hydrogen-bond donors (Lipinski definition) is 2. The molecule has 52 heavy (non-hydrogen) atoms. The van der Waals surface area contributed by atoms with E-state index in [9.17, 15) is 19.5 Å². The number of nitrogens with zero attached hydrogens (tertiary/aromatic N) is 2. The third-order valence-corrected chi connectivity index (χ3v) is 12.4. The number of amides is 4. The van der Waals surface area contributed by atoms with Crippen LogP contribution in [0.4, 0.5) is 11.4 Å². The number of allylic oxidation sites excluding steroid dienone is 2. The molecular formula is C43H34IN3O5. The summed E-state index contributed by atoms with van der Waals surface area (Å²) >= 11 is 2.19. The summed E-state index contributed by atoms with van der Waals surface area (Å²) in [4.78, 5) is 60.4. The number of anilines is 2. The molecule has 2 N–H and O–H groups in total. The van der Waals surface area contributed by atoms with Crippen LogP contribution in [0.3, 0.4) is 0 Å². The van der Waals surface area contributed by atoms with Gasteiger partial charge in [-0.1, -0.05) is 90.0 Å². The van der Waals surface area contributed by atoms with Crippen LogP contribution < -0.4 is 10.3 Å². The van der Waals surface area contributed by atoms with E-state index in [1.165, 1.54) is 4.90 Å². The minimum absolute atomic E-state index is 0.000891. The van der Waals surface area contributed by atoms with Crippen molar-refractivity contribution in [3.05, 3.63) is 147 Å². The number of hydrogen-bond acceptors (Lipinski definition) is 6. The molecular weight excluding hydrogens is 765 g/mol. The Bertz CT molecular complexity index is 2340. The summed E-state index contributed by atoms with van der Waals surface area (Å²) in [5.41, 5.74) is 5.79. The molecule has 0 radical (unpaired) electrons. The molecule has 258 valence electrons. The SMILES string of the molecule is Cc1ccc(NN2C(=O)C3CC4C(=CCC5C(=O)N(c6ccc(I)cc6)C(=O)C54)C(c4c(O)ccc5ccccc45)C3(c3ccccc3)C2=O)cc1. The number of benzene rings is 5. The van der Waals surface area contributed by atoms with Crippen molar-refractivity contribution in [2.75, 3.05) is 10.3 Å². The molecule has 3 fully saturated rings. The average molecular weight is 800 g/mol. The molecule has 4 amide bonds. The molecule has 4 aliphatic rings. The first-order valence-electron chi connectivity index (χ1n) is 17.5. The largest absolute Gasteiger partial charge is 0.508 e. The quantitative estimate of drug-likeness (QED) is 0.108. The molecule has 2 aliphatic heterocycles. The molecule has 5 aromatic carbocycles. The molecule has 9 rings (SSSR count). The zero-order valence-electron chi connectivity index (χ0n) is 28.2. The molecule has 0 spiro atoms. The third kappa shape index (κ3) is 4.64. The Morgan fingerprint density at radius 2 is 1.48 bits per heavy atom. The summed E-state index contributed by atoms with van der Waals surface area (Å²) in [7, 11) is 0. The normalized spacial score (nSPS) is 26.7. The lowest BCUT2D eigenvalue weighted by molar-refractivity contribution is -0.138. The minimum Gasteiger partial charge on any atom is -0.508 e. The predicted molar refractivity (Wildman–Crippen MR) is 206 cm³/mol. The minimum atomic E-state index is -1.48. The standard InChI is InChI=1S/C43H34IN3O5/c1-24-11-16-28(17-12-24)45-47-40(50)34-23-33-31(20-21-32-36(33)41(51)46(39(32)49)29-18-14-27(44)15-19-29)38(43(34,42(47)52)26-8-3-2-4-9-26)37-30-10-6-5-7-25(30)13-22-35(37)48/h2-20,22,32-34,36,38,45,48H,21,23H2,1H3. The molecule has 9 heteroatoms. The summed E-state index contributed by atoms with van der Waals surface area (Å²) in [5.74, 6) is -5.02. The number of imide groups is 2. The zero-order valence-corrected chi connectivity index (χ0v) is 30.4. The van der Waals surface area contributed by atoms with Crippen LogP contribution in [0.5, 0.6) is 5.75 Å². The monoisotopic (exact) mass is 799 g/mol. The van der Waals surface area contributed by atoms with Gasteiger partial charge in [0, 0.05) is 15.1 Å². The highest BCUT2D eigenvalue weighted by atomic mass is 127. The van der Waals surface area contributed by atoms with Gasteiger partial charge in [-0.15, -0.1) is 0 Å². The number of nitrogens with one attached hydrogen (secondary N) is 1. The summed E-state index contributed by atoms with van der Waals surface area (Å²) in [6.45, 7) is 1.97. The number of rotatable bonds is 5. The Hall–Kier alpha value is -5.29. The number of phenols is 1. The Morgan fingerprint density at radius 3 is 2.23 bits per heavy atom. The van der Waals surface area contributed by atoms with E-state index in [1.54, 1.807) is 18.2 Å². The Kier molecular flexibility index (Phi) is 7.62. The molecule has 2 saturated heterocycles. The fourth-order valence-electron chi connectivity index (χ4n) is 9.49. The summed E-state index contributed by atoms with van der Waals surface area (Å²) in [6.07, 6.45) is 2.50. The predicted octanol–water partition coefficient (Wildman–Crippen LogP) is 7.65. The van der Waals surface area contributed by atoms with Crippen LogP contribution >= 0.6 is 22.6 Å². The first-order chi connectivity index (χ1) is 25.2. The molecule has 6 unspecified atom stereocenters. The highest BCUT2D eigenvalue weighted by Gasteiger charge is 2.70. The van der Waals surface area contributed by atoms with E-state index in [2.05, 4.69) is 28.0 Å². The molecule has 5 aromatic rings. The second kappa shape index (κ2) is 12.2.